The Morgan fingerprint density at radius 2 is 2.05 bits per heavy atom. The number of rotatable bonds is 2. The second kappa shape index (κ2) is 3.28. The van der Waals surface area contributed by atoms with Crippen LogP contribution in [-0.2, 0) is 0 Å². The first kappa shape index (κ1) is 10.6. The van der Waals surface area contributed by atoms with Gasteiger partial charge in [-0.2, -0.15) is 0 Å². The zero-order valence-corrected chi connectivity index (χ0v) is 10.6. The fraction of sp³-hybridized carbons (Fsp3) is 0.538. The van der Waals surface area contributed by atoms with Crippen LogP contribution in [0, 0.1) is 22.0 Å². The molecule has 2 bridgehead atoms. The second-order valence-electron chi connectivity index (χ2n) is 6.03. The highest BCUT2D eigenvalue weighted by molar-refractivity contribution is 5.94. The summed E-state index contributed by atoms with van der Waals surface area (Å²) in [4.78, 5) is 12.9. The van der Waals surface area contributed by atoms with E-state index in [1.807, 2.05) is 0 Å². The minimum atomic E-state index is -0.453. The third-order valence-corrected chi connectivity index (χ3v) is 5.22. The van der Waals surface area contributed by atoms with Crippen molar-refractivity contribution >= 4 is 22.5 Å². The molecule has 1 saturated heterocycles. The quantitative estimate of drug-likeness (QED) is 0.473. The lowest BCUT2D eigenvalue weighted by atomic mass is 10.0. The van der Waals surface area contributed by atoms with Gasteiger partial charge in [0.25, 0.3) is 5.58 Å². The first-order valence-corrected chi connectivity index (χ1v) is 6.93. The predicted molar refractivity (Wildman–Crippen MR) is 69.3 cm³/mol. The smallest absolute Gasteiger partial charge is 0.316 e. The van der Waals surface area contributed by atoms with Gasteiger partial charge in [0.1, 0.15) is 0 Å². The fourth-order valence-electron chi connectivity index (χ4n) is 4.47. The van der Waals surface area contributed by atoms with E-state index >= 15 is 0 Å². The molecule has 0 N–H and O–H groups in total. The predicted octanol–water partition coefficient (Wildman–Crippen LogP) is 2.12. The Bertz CT molecular complexity index is 726. The van der Waals surface area contributed by atoms with Gasteiger partial charge in [0.05, 0.1) is 22.7 Å². The summed E-state index contributed by atoms with van der Waals surface area (Å²) >= 11 is 0. The number of anilines is 1. The highest BCUT2D eigenvalue weighted by Crippen LogP contribution is 2.60. The molecule has 2 saturated carbocycles. The summed E-state index contributed by atoms with van der Waals surface area (Å²) < 4.78 is 4.99. The number of fused-ring (bicyclic) bond motifs is 6. The van der Waals surface area contributed by atoms with Gasteiger partial charge in [-0.1, -0.05) is 0 Å². The topological polar surface area (TPSA) is 85.1 Å². The van der Waals surface area contributed by atoms with E-state index in [1.54, 1.807) is 6.07 Å². The van der Waals surface area contributed by atoms with E-state index in [2.05, 4.69) is 15.3 Å². The summed E-state index contributed by atoms with van der Waals surface area (Å²) in [5, 5.41) is 18.5. The van der Waals surface area contributed by atoms with Crippen LogP contribution in [0.3, 0.4) is 0 Å². The van der Waals surface area contributed by atoms with Crippen LogP contribution in [0.1, 0.15) is 19.3 Å². The van der Waals surface area contributed by atoms with Crippen LogP contribution in [0.15, 0.2) is 16.7 Å². The number of benzene rings is 1. The van der Waals surface area contributed by atoms with Crippen molar-refractivity contribution in [3.8, 4) is 0 Å². The Morgan fingerprint density at radius 1 is 1.30 bits per heavy atom. The van der Waals surface area contributed by atoms with E-state index < -0.39 is 4.92 Å². The molecule has 4 unspecified atom stereocenters. The average Bonchev–Trinajstić information content (AvgIpc) is 2.86. The molecule has 20 heavy (non-hydrogen) atoms. The van der Waals surface area contributed by atoms with Gasteiger partial charge in [0.2, 0.25) is 0 Å². The summed E-state index contributed by atoms with van der Waals surface area (Å²) in [6, 6.07) is 4.51. The number of nitro groups is 1. The van der Waals surface area contributed by atoms with Crippen molar-refractivity contribution in [1.29, 1.82) is 0 Å². The molecule has 3 aliphatic rings. The van der Waals surface area contributed by atoms with E-state index in [0.29, 0.717) is 17.6 Å². The summed E-state index contributed by atoms with van der Waals surface area (Å²) in [5.74, 6) is 1.57. The second-order valence-corrected chi connectivity index (χ2v) is 6.03. The lowest BCUT2D eigenvalue weighted by Gasteiger charge is -2.13. The van der Waals surface area contributed by atoms with Crippen LogP contribution in [0.5, 0.6) is 0 Å². The normalized spacial score (nSPS) is 33.7. The summed E-state index contributed by atoms with van der Waals surface area (Å²) in [6.07, 6.45) is 3.98. The first-order valence-electron chi connectivity index (χ1n) is 6.93. The zero-order chi connectivity index (χ0) is 13.4. The lowest BCUT2D eigenvalue weighted by Crippen LogP contribution is -2.11. The van der Waals surface area contributed by atoms with Gasteiger partial charge in [-0.05, 0) is 37.2 Å². The SMILES string of the molecule is O=[N+]([O-])c1ccc(N2C3C4CCC(C4)C32)c2nnoc12. The molecule has 2 heterocycles. The van der Waals surface area contributed by atoms with Gasteiger partial charge < -0.3 is 9.42 Å². The average molecular weight is 272 g/mol. The van der Waals surface area contributed by atoms with Gasteiger partial charge in [-0.3, -0.25) is 10.1 Å². The summed E-state index contributed by atoms with van der Waals surface area (Å²) in [5.41, 5.74) is 1.58. The number of nitro benzene ring substituents is 1. The molecule has 1 aromatic heterocycles. The number of hydrogen-bond acceptors (Lipinski definition) is 6. The highest BCUT2D eigenvalue weighted by Gasteiger charge is 2.64. The Labute approximate surface area is 113 Å². The van der Waals surface area contributed by atoms with Gasteiger partial charge in [0.15, 0.2) is 5.52 Å². The van der Waals surface area contributed by atoms with E-state index in [0.717, 1.165) is 17.5 Å². The molecule has 0 radical (unpaired) electrons. The van der Waals surface area contributed by atoms with Crippen LogP contribution < -0.4 is 4.90 Å². The maximum absolute atomic E-state index is 11.0. The van der Waals surface area contributed by atoms with Gasteiger partial charge in [0, 0.05) is 11.3 Å². The van der Waals surface area contributed by atoms with Crippen molar-refractivity contribution in [1.82, 2.24) is 10.4 Å². The van der Waals surface area contributed by atoms with E-state index in [4.69, 9.17) is 4.52 Å². The number of aromatic nitrogens is 2. The summed E-state index contributed by atoms with van der Waals surface area (Å²) in [6.45, 7) is 0. The molecule has 7 heteroatoms. The Kier molecular flexibility index (Phi) is 1.74. The van der Waals surface area contributed by atoms with Crippen molar-refractivity contribution < 1.29 is 9.45 Å². The fourth-order valence-corrected chi connectivity index (χ4v) is 4.47. The van der Waals surface area contributed by atoms with Crippen molar-refractivity contribution in [3.63, 3.8) is 0 Å². The molecule has 1 aliphatic heterocycles. The number of nitrogens with zero attached hydrogens (tertiary/aromatic N) is 4. The van der Waals surface area contributed by atoms with Gasteiger partial charge in [-0.25, -0.2) is 0 Å². The Morgan fingerprint density at radius 3 is 2.75 bits per heavy atom. The molecule has 0 amide bonds. The van der Waals surface area contributed by atoms with Crippen LogP contribution in [0.25, 0.3) is 11.1 Å². The standard InChI is InChI=1S/C13H12N4O3/c18-17(19)9-4-3-8(10-13(9)20-15-14-10)16-11-6-1-2-7(5-6)12(11)16/h3-4,6-7,11-12H,1-2,5H2. The third kappa shape index (κ3) is 1.12. The summed E-state index contributed by atoms with van der Waals surface area (Å²) in [7, 11) is 0. The first-order chi connectivity index (χ1) is 9.75. The molecule has 1 aromatic carbocycles. The Hall–Kier alpha value is -2.18. The number of hydrogen-bond donors (Lipinski definition) is 0. The van der Waals surface area contributed by atoms with Crippen LogP contribution in [0.4, 0.5) is 11.4 Å². The van der Waals surface area contributed by atoms with Crippen LogP contribution in [0.2, 0.25) is 0 Å². The van der Waals surface area contributed by atoms with Crippen molar-refractivity contribution in [2.24, 2.45) is 11.8 Å². The molecule has 4 atom stereocenters. The van der Waals surface area contributed by atoms with Crippen molar-refractivity contribution in [2.75, 3.05) is 4.90 Å². The molecule has 5 rings (SSSR count). The van der Waals surface area contributed by atoms with E-state index in [1.165, 1.54) is 25.3 Å². The minimum absolute atomic E-state index is 0.0660. The Balaban J connectivity index is 1.63. The molecule has 7 nitrogen and oxygen atoms in total. The van der Waals surface area contributed by atoms with Crippen LogP contribution >= 0.6 is 0 Å². The number of non-ortho nitro benzene ring substituents is 1. The molecule has 2 aromatic rings. The van der Waals surface area contributed by atoms with Gasteiger partial charge in [-0.15, -0.1) is 5.10 Å². The maximum Gasteiger partial charge on any atom is 0.316 e. The largest absolute Gasteiger partial charge is 0.359 e. The molecule has 0 spiro atoms. The number of piperidine rings is 1. The van der Waals surface area contributed by atoms with E-state index in [9.17, 15) is 10.1 Å². The van der Waals surface area contributed by atoms with Gasteiger partial charge >= 0.3 is 5.69 Å². The molecule has 2 aliphatic carbocycles. The van der Waals surface area contributed by atoms with Crippen molar-refractivity contribution in [3.05, 3.63) is 22.2 Å². The van der Waals surface area contributed by atoms with Crippen molar-refractivity contribution in [2.45, 2.75) is 31.3 Å². The monoisotopic (exact) mass is 272 g/mol. The maximum atomic E-state index is 11.0. The third-order valence-electron chi connectivity index (χ3n) is 5.22. The van der Waals surface area contributed by atoms with E-state index in [-0.39, 0.29) is 11.3 Å². The van der Waals surface area contributed by atoms with Crippen LogP contribution in [-0.4, -0.2) is 27.4 Å². The molecule has 3 fully saturated rings. The molecular formula is C13H12N4O3. The molecular weight excluding hydrogens is 260 g/mol. The zero-order valence-electron chi connectivity index (χ0n) is 10.6. The minimum Gasteiger partial charge on any atom is -0.359 e. The highest BCUT2D eigenvalue weighted by atomic mass is 16.6. The molecule has 102 valence electrons. The lowest BCUT2D eigenvalue weighted by molar-refractivity contribution is -0.383.